The summed E-state index contributed by atoms with van der Waals surface area (Å²) in [5.41, 5.74) is 5.87. The van der Waals surface area contributed by atoms with E-state index in [-0.39, 0.29) is 17.8 Å². The molecule has 1 aromatic rings. The lowest BCUT2D eigenvalue weighted by Gasteiger charge is -2.15. The van der Waals surface area contributed by atoms with Crippen molar-refractivity contribution in [1.82, 2.24) is 5.32 Å². The zero-order valence-corrected chi connectivity index (χ0v) is 9.93. The van der Waals surface area contributed by atoms with Crippen molar-refractivity contribution in [1.29, 1.82) is 0 Å². The molecule has 1 atom stereocenters. The third-order valence-electron chi connectivity index (χ3n) is 2.40. The number of hydrogen-bond acceptors (Lipinski definition) is 4. The van der Waals surface area contributed by atoms with Gasteiger partial charge in [-0.2, -0.15) is 0 Å². The van der Waals surface area contributed by atoms with Crippen LogP contribution in [0, 0.1) is 6.92 Å². The topological polar surface area (TPSA) is 101 Å². The fourth-order valence-corrected chi connectivity index (χ4v) is 1.42. The summed E-state index contributed by atoms with van der Waals surface area (Å²) in [5, 5.41) is 14.1. The Labute approximate surface area is 99.5 Å². The van der Waals surface area contributed by atoms with Crippen LogP contribution in [0.4, 0.5) is 0 Å². The lowest BCUT2D eigenvalue weighted by atomic mass is 10.1. The molecule has 0 spiro atoms. The van der Waals surface area contributed by atoms with E-state index in [2.05, 4.69) is 10.5 Å². The Morgan fingerprint density at radius 2 is 2.41 bits per heavy atom. The summed E-state index contributed by atoms with van der Waals surface area (Å²) >= 11 is 0. The van der Waals surface area contributed by atoms with Gasteiger partial charge >= 0.3 is 0 Å². The molecule has 0 aliphatic carbocycles. The molecular formula is C11H17N3O3. The number of furan rings is 1. The minimum atomic E-state index is -0.223. The molecule has 1 amide bonds. The Morgan fingerprint density at radius 1 is 1.71 bits per heavy atom. The predicted octanol–water partition coefficient (Wildman–Crippen LogP) is 1.23. The minimum Gasteiger partial charge on any atom is -0.469 e. The highest BCUT2D eigenvalue weighted by molar-refractivity contribution is 5.94. The first kappa shape index (κ1) is 13.1. The maximum atomic E-state index is 11.8. The van der Waals surface area contributed by atoms with E-state index in [1.54, 1.807) is 13.0 Å². The van der Waals surface area contributed by atoms with Gasteiger partial charge in [0.1, 0.15) is 17.9 Å². The Morgan fingerprint density at radius 3 is 2.88 bits per heavy atom. The van der Waals surface area contributed by atoms with Crippen LogP contribution in [0.5, 0.6) is 0 Å². The third-order valence-corrected chi connectivity index (χ3v) is 2.40. The molecular weight excluding hydrogens is 222 g/mol. The van der Waals surface area contributed by atoms with E-state index in [9.17, 15) is 4.79 Å². The van der Waals surface area contributed by atoms with Crippen molar-refractivity contribution in [3.63, 3.8) is 0 Å². The molecule has 0 fully saturated rings. The van der Waals surface area contributed by atoms with Crippen molar-refractivity contribution in [2.24, 2.45) is 10.9 Å². The molecule has 0 bridgehead atoms. The first-order valence-electron chi connectivity index (χ1n) is 5.39. The van der Waals surface area contributed by atoms with Crippen LogP contribution in [0.25, 0.3) is 0 Å². The van der Waals surface area contributed by atoms with Crippen LogP contribution in [-0.4, -0.2) is 23.0 Å². The van der Waals surface area contributed by atoms with Gasteiger partial charge in [0.25, 0.3) is 5.91 Å². The summed E-state index contributed by atoms with van der Waals surface area (Å²) in [6.45, 7) is 3.68. The molecule has 0 radical (unpaired) electrons. The second-order valence-electron chi connectivity index (χ2n) is 3.82. The molecule has 4 N–H and O–H groups in total. The molecule has 6 nitrogen and oxygen atoms in total. The van der Waals surface area contributed by atoms with Crippen molar-refractivity contribution >= 4 is 11.7 Å². The van der Waals surface area contributed by atoms with Gasteiger partial charge in [0.2, 0.25) is 0 Å². The molecule has 1 unspecified atom stereocenters. The summed E-state index contributed by atoms with van der Waals surface area (Å²) in [7, 11) is 0. The standard InChI is InChI=1S/C11H17N3O3/c1-3-9(5-10(12)14-16)13-11(15)8-4-7(2)17-6-8/h4,6,9,16H,3,5H2,1-2H3,(H2,12,14)(H,13,15). The van der Waals surface area contributed by atoms with Gasteiger partial charge in [-0.05, 0) is 19.4 Å². The summed E-state index contributed by atoms with van der Waals surface area (Å²) in [4.78, 5) is 11.8. The summed E-state index contributed by atoms with van der Waals surface area (Å²) in [6, 6.07) is 1.50. The number of rotatable bonds is 5. The average molecular weight is 239 g/mol. The molecule has 0 saturated carbocycles. The maximum absolute atomic E-state index is 11.8. The van der Waals surface area contributed by atoms with E-state index in [4.69, 9.17) is 15.4 Å². The summed E-state index contributed by atoms with van der Waals surface area (Å²) in [5.74, 6) is 0.555. The number of nitrogens with zero attached hydrogens (tertiary/aromatic N) is 1. The van der Waals surface area contributed by atoms with E-state index in [1.165, 1.54) is 6.26 Å². The van der Waals surface area contributed by atoms with E-state index in [1.807, 2.05) is 6.92 Å². The maximum Gasteiger partial charge on any atom is 0.254 e. The normalized spacial score (nSPS) is 13.4. The SMILES string of the molecule is CCC(CC(N)=NO)NC(=O)c1coc(C)c1. The van der Waals surface area contributed by atoms with Gasteiger partial charge in [-0.25, -0.2) is 0 Å². The highest BCUT2D eigenvalue weighted by Gasteiger charge is 2.15. The highest BCUT2D eigenvalue weighted by atomic mass is 16.4. The molecule has 17 heavy (non-hydrogen) atoms. The molecule has 0 aliphatic rings. The van der Waals surface area contributed by atoms with Crippen LogP contribution < -0.4 is 11.1 Å². The van der Waals surface area contributed by atoms with Gasteiger partial charge in [0.15, 0.2) is 0 Å². The van der Waals surface area contributed by atoms with Gasteiger partial charge in [0.05, 0.1) is 5.56 Å². The van der Waals surface area contributed by atoms with Gasteiger partial charge in [-0.15, -0.1) is 0 Å². The summed E-state index contributed by atoms with van der Waals surface area (Å²) < 4.78 is 5.05. The summed E-state index contributed by atoms with van der Waals surface area (Å²) in [6.07, 6.45) is 2.41. The largest absolute Gasteiger partial charge is 0.469 e. The van der Waals surface area contributed by atoms with Gasteiger partial charge in [0, 0.05) is 12.5 Å². The molecule has 0 aromatic carbocycles. The number of carbonyl (C=O) groups is 1. The number of nitrogens with two attached hydrogens (primary N) is 1. The van der Waals surface area contributed by atoms with Crippen LogP contribution in [-0.2, 0) is 0 Å². The molecule has 1 rings (SSSR count). The first-order chi connectivity index (χ1) is 8.06. The van der Waals surface area contributed by atoms with E-state index in [0.717, 1.165) is 0 Å². The lowest BCUT2D eigenvalue weighted by molar-refractivity contribution is 0.0936. The van der Waals surface area contributed by atoms with Crippen LogP contribution in [0.15, 0.2) is 21.9 Å². The molecule has 6 heteroatoms. The number of hydrogen-bond donors (Lipinski definition) is 3. The van der Waals surface area contributed by atoms with Crippen molar-refractivity contribution in [3.8, 4) is 0 Å². The first-order valence-corrected chi connectivity index (χ1v) is 5.39. The van der Waals surface area contributed by atoms with Crippen LogP contribution >= 0.6 is 0 Å². The van der Waals surface area contributed by atoms with Gasteiger partial charge in [-0.1, -0.05) is 12.1 Å². The van der Waals surface area contributed by atoms with Crippen LogP contribution in [0.2, 0.25) is 0 Å². The number of amides is 1. The monoisotopic (exact) mass is 239 g/mol. The second kappa shape index (κ2) is 5.93. The third kappa shape index (κ3) is 3.82. The molecule has 0 saturated heterocycles. The molecule has 94 valence electrons. The number of nitrogens with one attached hydrogen (secondary N) is 1. The van der Waals surface area contributed by atoms with Gasteiger partial charge < -0.3 is 20.7 Å². The zero-order valence-electron chi connectivity index (χ0n) is 9.93. The number of aryl methyl sites for hydroxylation is 1. The molecule has 0 aliphatic heterocycles. The van der Waals surface area contributed by atoms with Crippen LogP contribution in [0.1, 0.15) is 35.9 Å². The quantitative estimate of drug-likeness (QED) is 0.311. The van der Waals surface area contributed by atoms with Crippen LogP contribution in [0.3, 0.4) is 0 Å². The minimum absolute atomic E-state index is 0.0977. The fourth-order valence-electron chi connectivity index (χ4n) is 1.42. The van der Waals surface area contributed by atoms with Crippen molar-refractivity contribution in [2.75, 3.05) is 0 Å². The van der Waals surface area contributed by atoms with E-state index >= 15 is 0 Å². The lowest BCUT2D eigenvalue weighted by Crippen LogP contribution is -2.37. The fraction of sp³-hybridized carbons (Fsp3) is 0.455. The van der Waals surface area contributed by atoms with E-state index < -0.39 is 0 Å². The number of carbonyl (C=O) groups excluding carboxylic acids is 1. The van der Waals surface area contributed by atoms with Crippen molar-refractivity contribution in [2.45, 2.75) is 32.7 Å². The van der Waals surface area contributed by atoms with Gasteiger partial charge in [-0.3, -0.25) is 4.79 Å². The van der Waals surface area contributed by atoms with Crippen molar-refractivity contribution in [3.05, 3.63) is 23.7 Å². The predicted molar refractivity (Wildman–Crippen MR) is 63.0 cm³/mol. The Kier molecular flexibility index (Phi) is 4.56. The second-order valence-corrected chi connectivity index (χ2v) is 3.82. The highest BCUT2D eigenvalue weighted by Crippen LogP contribution is 2.07. The smallest absolute Gasteiger partial charge is 0.254 e. The Hall–Kier alpha value is -1.98. The Balaban J connectivity index is 2.59. The van der Waals surface area contributed by atoms with E-state index in [0.29, 0.717) is 24.2 Å². The zero-order chi connectivity index (χ0) is 12.8. The number of amidine groups is 1. The molecule has 1 heterocycles. The number of oxime groups is 1. The van der Waals surface area contributed by atoms with Crippen molar-refractivity contribution < 1.29 is 14.4 Å². The molecule has 1 aromatic heterocycles. The Bertz CT molecular complexity index is 412. The average Bonchev–Trinajstić information content (AvgIpc) is 2.74.